The Balaban J connectivity index is 1.41. The van der Waals surface area contributed by atoms with Crippen LogP contribution in [-0.2, 0) is 18.3 Å². The summed E-state index contributed by atoms with van der Waals surface area (Å²) in [5, 5.41) is 17.7. The lowest BCUT2D eigenvalue weighted by molar-refractivity contribution is 0.556. The molecule has 0 atom stereocenters. The lowest BCUT2D eigenvalue weighted by atomic mass is 9.92. The van der Waals surface area contributed by atoms with Gasteiger partial charge in [0.05, 0.1) is 11.4 Å². The van der Waals surface area contributed by atoms with E-state index in [-0.39, 0.29) is 5.41 Å². The zero-order valence-corrected chi connectivity index (χ0v) is 15.4. The van der Waals surface area contributed by atoms with Gasteiger partial charge < -0.3 is 9.80 Å². The molecule has 1 saturated heterocycles. The van der Waals surface area contributed by atoms with Crippen LogP contribution < -0.4 is 9.80 Å². The third-order valence-corrected chi connectivity index (χ3v) is 5.15. The molecular weight excluding hydrogens is 312 g/mol. The number of nitrogens with zero attached hydrogens (tertiary/aromatic N) is 6. The Morgan fingerprint density at radius 1 is 0.800 bits per heavy atom. The van der Waals surface area contributed by atoms with Crippen molar-refractivity contribution in [2.24, 2.45) is 0 Å². The van der Waals surface area contributed by atoms with Crippen LogP contribution in [0.4, 0.5) is 11.6 Å². The van der Waals surface area contributed by atoms with Crippen molar-refractivity contribution in [3.63, 3.8) is 0 Å². The number of fused-ring (bicyclic) bond motifs is 1. The number of anilines is 2. The molecular formula is C19H26N6. The van der Waals surface area contributed by atoms with Gasteiger partial charge in [0.15, 0.2) is 11.6 Å². The van der Waals surface area contributed by atoms with Crippen LogP contribution in [0.3, 0.4) is 0 Å². The van der Waals surface area contributed by atoms with E-state index < -0.39 is 0 Å². The van der Waals surface area contributed by atoms with Gasteiger partial charge in [-0.15, -0.1) is 10.2 Å². The smallest absolute Gasteiger partial charge is 0.151 e. The van der Waals surface area contributed by atoms with E-state index in [2.05, 4.69) is 69.2 Å². The van der Waals surface area contributed by atoms with Gasteiger partial charge in [-0.05, 0) is 43.0 Å². The summed E-state index contributed by atoms with van der Waals surface area (Å²) in [6.45, 7) is 10.2. The molecule has 0 unspecified atom stereocenters. The van der Waals surface area contributed by atoms with E-state index in [1.165, 1.54) is 17.7 Å². The van der Waals surface area contributed by atoms with E-state index in [9.17, 15) is 0 Å². The molecule has 2 aromatic rings. The highest BCUT2D eigenvalue weighted by Crippen LogP contribution is 2.25. The van der Waals surface area contributed by atoms with E-state index in [4.69, 9.17) is 0 Å². The maximum absolute atomic E-state index is 4.44. The normalized spacial score (nSPS) is 17.7. The van der Waals surface area contributed by atoms with Gasteiger partial charge >= 0.3 is 0 Å². The number of rotatable bonds is 2. The van der Waals surface area contributed by atoms with E-state index >= 15 is 0 Å². The summed E-state index contributed by atoms with van der Waals surface area (Å²) in [5.41, 5.74) is 3.65. The molecule has 1 aliphatic carbocycles. The molecule has 1 fully saturated rings. The van der Waals surface area contributed by atoms with Crippen molar-refractivity contribution < 1.29 is 0 Å². The van der Waals surface area contributed by atoms with Gasteiger partial charge in [-0.1, -0.05) is 20.8 Å². The molecule has 6 heteroatoms. The maximum atomic E-state index is 4.44. The SMILES string of the molecule is CC(C)(C)c1ccc(N2CCN(c3cc4c(nn3)CCC4)CC2)nn1. The minimum Gasteiger partial charge on any atom is -0.352 e. The van der Waals surface area contributed by atoms with Crippen molar-refractivity contribution in [3.05, 3.63) is 35.2 Å². The zero-order valence-electron chi connectivity index (χ0n) is 15.4. The molecule has 0 aromatic carbocycles. The summed E-state index contributed by atoms with van der Waals surface area (Å²) in [6.07, 6.45) is 3.44. The third kappa shape index (κ3) is 3.30. The Bertz CT molecular complexity index is 741. The summed E-state index contributed by atoms with van der Waals surface area (Å²) in [7, 11) is 0. The topological polar surface area (TPSA) is 58.0 Å². The molecule has 132 valence electrons. The first-order valence-electron chi connectivity index (χ1n) is 9.20. The van der Waals surface area contributed by atoms with Crippen molar-refractivity contribution in [1.82, 2.24) is 20.4 Å². The highest BCUT2D eigenvalue weighted by molar-refractivity contribution is 5.46. The minimum atomic E-state index is 0.0382. The van der Waals surface area contributed by atoms with Crippen LogP contribution in [0.15, 0.2) is 18.2 Å². The average Bonchev–Trinajstić information content (AvgIpc) is 3.09. The van der Waals surface area contributed by atoms with E-state index in [0.717, 1.165) is 56.4 Å². The number of aromatic nitrogens is 4. The average molecular weight is 338 g/mol. The van der Waals surface area contributed by atoms with Crippen molar-refractivity contribution >= 4 is 11.6 Å². The van der Waals surface area contributed by atoms with Gasteiger partial charge in [0.1, 0.15) is 0 Å². The standard InChI is InChI=1S/C19H26N6/c1-19(2,3)16-7-8-17(22-21-16)24-9-11-25(12-10-24)18-13-14-5-4-6-15(14)20-23-18/h7-8,13H,4-6,9-12H2,1-3H3. The van der Waals surface area contributed by atoms with Crippen LogP contribution in [0, 0.1) is 0 Å². The number of piperazine rings is 1. The molecule has 0 amide bonds. The third-order valence-electron chi connectivity index (χ3n) is 5.15. The minimum absolute atomic E-state index is 0.0382. The molecule has 4 rings (SSSR count). The predicted octanol–water partition coefficient (Wildman–Crippen LogP) is 2.38. The molecule has 0 spiro atoms. The van der Waals surface area contributed by atoms with Gasteiger partial charge in [-0.2, -0.15) is 10.2 Å². The van der Waals surface area contributed by atoms with Crippen LogP contribution >= 0.6 is 0 Å². The fourth-order valence-electron chi connectivity index (χ4n) is 3.53. The predicted molar refractivity (Wildman–Crippen MR) is 99.2 cm³/mol. The monoisotopic (exact) mass is 338 g/mol. The summed E-state index contributed by atoms with van der Waals surface area (Å²) >= 11 is 0. The fraction of sp³-hybridized carbons (Fsp3) is 0.579. The van der Waals surface area contributed by atoms with Gasteiger partial charge in [0.2, 0.25) is 0 Å². The van der Waals surface area contributed by atoms with Gasteiger partial charge in [0, 0.05) is 31.6 Å². The first-order valence-corrected chi connectivity index (χ1v) is 9.20. The molecule has 0 radical (unpaired) electrons. The molecule has 0 N–H and O–H groups in total. The van der Waals surface area contributed by atoms with Gasteiger partial charge in [0.25, 0.3) is 0 Å². The van der Waals surface area contributed by atoms with Crippen molar-refractivity contribution in [1.29, 1.82) is 0 Å². The Hall–Kier alpha value is -2.24. The summed E-state index contributed by atoms with van der Waals surface area (Å²) < 4.78 is 0. The Labute approximate surface area is 149 Å². The highest BCUT2D eigenvalue weighted by Gasteiger charge is 2.22. The molecule has 3 heterocycles. The lowest BCUT2D eigenvalue weighted by Gasteiger charge is -2.35. The molecule has 0 saturated carbocycles. The second-order valence-electron chi connectivity index (χ2n) is 8.03. The molecule has 0 bridgehead atoms. The second-order valence-corrected chi connectivity index (χ2v) is 8.03. The first kappa shape index (κ1) is 16.2. The Morgan fingerprint density at radius 3 is 2.12 bits per heavy atom. The molecule has 1 aliphatic heterocycles. The van der Waals surface area contributed by atoms with Crippen LogP contribution in [0.25, 0.3) is 0 Å². The van der Waals surface area contributed by atoms with E-state index in [0.29, 0.717) is 0 Å². The first-order chi connectivity index (χ1) is 12.0. The van der Waals surface area contributed by atoms with Crippen LogP contribution in [0.5, 0.6) is 0 Å². The Kier molecular flexibility index (Phi) is 4.06. The second kappa shape index (κ2) is 6.24. The largest absolute Gasteiger partial charge is 0.352 e. The molecule has 6 nitrogen and oxygen atoms in total. The van der Waals surface area contributed by atoms with Crippen molar-refractivity contribution in [2.45, 2.75) is 45.4 Å². The number of hydrogen-bond donors (Lipinski definition) is 0. The van der Waals surface area contributed by atoms with Crippen LogP contribution in [-0.4, -0.2) is 46.6 Å². The maximum Gasteiger partial charge on any atom is 0.151 e. The summed E-state index contributed by atoms with van der Waals surface area (Å²) in [6, 6.07) is 6.43. The van der Waals surface area contributed by atoms with Gasteiger partial charge in [-0.3, -0.25) is 0 Å². The molecule has 25 heavy (non-hydrogen) atoms. The number of hydrogen-bond acceptors (Lipinski definition) is 6. The Morgan fingerprint density at radius 2 is 1.48 bits per heavy atom. The van der Waals surface area contributed by atoms with Crippen molar-refractivity contribution in [3.8, 4) is 0 Å². The molecule has 2 aliphatic rings. The highest BCUT2D eigenvalue weighted by atomic mass is 15.3. The van der Waals surface area contributed by atoms with Crippen LogP contribution in [0.2, 0.25) is 0 Å². The number of aryl methyl sites for hydroxylation is 2. The quantitative estimate of drug-likeness (QED) is 0.838. The van der Waals surface area contributed by atoms with Crippen LogP contribution in [0.1, 0.15) is 44.1 Å². The van der Waals surface area contributed by atoms with E-state index in [1.807, 2.05) is 0 Å². The fourth-order valence-corrected chi connectivity index (χ4v) is 3.53. The summed E-state index contributed by atoms with van der Waals surface area (Å²) in [5.74, 6) is 1.99. The summed E-state index contributed by atoms with van der Waals surface area (Å²) in [4.78, 5) is 4.63. The van der Waals surface area contributed by atoms with E-state index in [1.54, 1.807) is 0 Å². The lowest BCUT2D eigenvalue weighted by Crippen LogP contribution is -2.47. The molecule has 2 aromatic heterocycles. The van der Waals surface area contributed by atoms with Crippen molar-refractivity contribution in [2.75, 3.05) is 36.0 Å². The zero-order chi connectivity index (χ0) is 17.4. The van der Waals surface area contributed by atoms with Gasteiger partial charge in [-0.25, -0.2) is 0 Å².